The summed E-state index contributed by atoms with van der Waals surface area (Å²) in [4.78, 5) is 127. The first-order valence-corrected chi connectivity index (χ1v) is 26.8. The number of benzene rings is 1. The number of nitrogens with one attached hydrogen (secondary N) is 4. The van der Waals surface area contributed by atoms with Crippen LogP contribution in [-0.2, 0) is 49.5 Å². The molecule has 7 amide bonds. The summed E-state index contributed by atoms with van der Waals surface area (Å²) in [5.74, 6) is -5.35. The van der Waals surface area contributed by atoms with Crippen molar-refractivity contribution < 1.29 is 53.0 Å². The predicted octanol–water partition coefficient (Wildman–Crippen LogP) is 4.59. The van der Waals surface area contributed by atoms with Gasteiger partial charge >= 0.3 is 11.9 Å². The van der Waals surface area contributed by atoms with Gasteiger partial charge in [-0.15, -0.1) is 11.3 Å². The third-order valence-electron chi connectivity index (χ3n) is 14.0. The highest BCUT2D eigenvalue weighted by Gasteiger charge is 2.39. The fraction of sp³-hybridized carbons (Fsp3) is 0.623. The topological polar surface area (TPSA) is 280 Å². The monoisotopic (exact) mass is 1050 g/mol. The second-order valence-corrected chi connectivity index (χ2v) is 21.1. The van der Waals surface area contributed by atoms with E-state index in [9.17, 15) is 48.3 Å². The van der Waals surface area contributed by atoms with Crippen molar-refractivity contribution in [2.75, 3.05) is 38.5 Å². The molecule has 0 bridgehead atoms. The van der Waals surface area contributed by atoms with Crippen molar-refractivity contribution in [3.8, 4) is 0 Å². The normalized spacial score (nSPS) is 18.7. The van der Waals surface area contributed by atoms with Gasteiger partial charge in [-0.25, -0.2) is 4.98 Å². The average Bonchev–Trinajstić information content (AvgIpc) is 3.98. The summed E-state index contributed by atoms with van der Waals surface area (Å²) in [7, 11) is 1.93. The van der Waals surface area contributed by atoms with E-state index >= 15 is 0 Å². The lowest BCUT2D eigenvalue weighted by Gasteiger charge is -2.40. The van der Waals surface area contributed by atoms with Gasteiger partial charge in [0.25, 0.3) is 17.7 Å². The Kier molecular flexibility index (Phi) is 23.8. The second-order valence-electron chi connectivity index (χ2n) is 20.2. The van der Waals surface area contributed by atoms with Crippen molar-refractivity contribution in [3.05, 3.63) is 58.1 Å². The third kappa shape index (κ3) is 17.8. The Morgan fingerprint density at radius 1 is 0.959 bits per heavy atom. The van der Waals surface area contributed by atoms with E-state index in [2.05, 4.69) is 33.2 Å². The number of carboxylic acid groups (broad SMARTS) is 1. The molecule has 0 spiro atoms. The summed E-state index contributed by atoms with van der Waals surface area (Å²) in [6, 6.07) is 3.58. The Morgan fingerprint density at radius 3 is 2.23 bits per heavy atom. The minimum atomic E-state index is -1.05. The van der Waals surface area contributed by atoms with Gasteiger partial charge in [0.15, 0.2) is 6.10 Å². The summed E-state index contributed by atoms with van der Waals surface area (Å²) in [5.41, 5.74) is 6.83. The van der Waals surface area contributed by atoms with Crippen molar-refractivity contribution in [2.24, 2.45) is 29.4 Å². The molecule has 9 atom stereocenters. The number of ether oxygens (including phenoxy) is 1. The van der Waals surface area contributed by atoms with Crippen LogP contribution in [0.3, 0.4) is 0 Å². The highest BCUT2D eigenvalue weighted by molar-refractivity contribution is 7.09. The number of piperidine rings is 1. The van der Waals surface area contributed by atoms with Crippen LogP contribution in [0.4, 0.5) is 5.69 Å². The molecule has 7 N–H and O–H groups in total. The maximum Gasteiger partial charge on any atom is 0.306 e. The number of carboxylic acids is 1. The quantitative estimate of drug-likeness (QED) is 0.0370. The van der Waals surface area contributed by atoms with Gasteiger partial charge in [-0.05, 0) is 107 Å². The Bertz CT molecular complexity index is 2290. The standard InChI is InChI=1S/C53H79N9O11S/c1-10-33(6)47(59-50(69)42-26-32(5)21-24-60(42)9)52(70)61(11-2)41(31(3)4)29-43(73-35(8)63)51-58-40(30-74-51)49(68)56-38(27-34(7)53(71)72)28-36-15-17-37(18-16-36)55-48(67)39(14-12-13-23-54)57-44(64)22-25-62-45(65)19-20-46(62)66/h15-20,30-34,38-39,41-43,47H,10-14,21-29,54H2,1-9H3,(H,55,67)(H,56,68)(H,57,64)(H,59,69)(H,71,72)/t32-,33+,34+,38-,39+,41-,42-,43-,47+/m1/s1. The van der Waals surface area contributed by atoms with Gasteiger partial charge in [0.05, 0.1) is 12.0 Å². The van der Waals surface area contributed by atoms with Crippen molar-refractivity contribution in [1.82, 2.24) is 35.6 Å². The molecule has 1 fully saturated rings. The molecule has 2 aromatic rings. The van der Waals surface area contributed by atoms with Gasteiger partial charge in [0.1, 0.15) is 22.8 Å². The molecule has 74 heavy (non-hydrogen) atoms. The van der Waals surface area contributed by atoms with Crippen molar-refractivity contribution in [2.45, 2.75) is 156 Å². The molecule has 2 aliphatic rings. The van der Waals surface area contributed by atoms with E-state index < -0.39 is 77.7 Å². The molecule has 408 valence electrons. The van der Waals surface area contributed by atoms with Crippen molar-refractivity contribution in [1.29, 1.82) is 0 Å². The first-order valence-electron chi connectivity index (χ1n) is 26.0. The number of imide groups is 1. The number of aliphatic carboxylic acids is 1. The highest BCUT2D eigenvalue weighted by Crippen LogP contribution is 2.32. The molecule has 1 saturated heterocycles. The van der Waals surface area contributed by atoms with Gasteiger partial charge in [-0.1, -0.05) is 60.1 Å². The average molecular weight is 1050 g/mol. The lowest BCUT2D eigenvalue weighted by molar-refractivity contribution is -0.150. The van der Waals surface area contributed by atoms with Crippen LogP contribution in [0.25, 0.3) is 0 Å². The molecule has 3 heterocycles. The van der Waals surface area contributed by atoms with Gasteiger partial charge < -0.3 is 41.7 Å². The molecular formula is C53H79N9O11S. The summed E-state index contributed by atoms with van der Waals surface area (Å²) in [5, 5.41) is 23.3. The number of aromatic nitrogens is 1. The van der Waals surface area contributed by atoms with E-state index in [-0.39, 0.29) is 67.6 Å². The van der Waals surface area contributed by atoms with E-state index in [1.807, 2.05) is 46.6 Å². The van der Waals surface area contributed by atoms with E-state index in [1.165, 1.54) is 6.92 Å². The number of amides is 7. The summed E-state index contributed by atoms with van der Waals surface area (Å²) in [6.07, 6.45) is 5.40. The van der Waals surface area contributed by atoms with Crippen molar-refractivity contribution >= 4 is 70.3 Å². The summed E-state index contributed by atoms with van der Waals surface area (Å²) in [6.45, 7) is 16.1. The minimum absolute atomic E-state index is 0.0300. The number of esters is 1. The lowest BCUT2D eigenvalue weighted by Crippen LogP contribution is -2.59. The first-order chi connectivity index (χ1) is 35.1. The number of carbonyl (C=O) groups is 9. The molecule has 1 aromatic heterocycles. The van der Waals surface area contributed by atoms with Gasteiger partial charge in [-0.3, -0.25) is 53.0 Å². The number of carbonyl (C=O) groups excluding carboxylic acids is 8. The van der Waals surface area contributed by atoms with Crippen LogP contribution in [-0.4, -0.2) is 142 Å². The number of likely N-dealkylation sites (N-methyl/N-ethyl adjacent to an activating group) is 2. The molecular weight excluding hydrogens is 971 g/mol. The second kappa shape index (κ2) is 29.1. The van der Waals surface area contributed by atoms with Crippen LogP contribution in [0.5, 0.6) is 0 Å². The highest BCUT2D eigenvalue weighted by atomic mass is 32.1. The zero-order chi connectivity index (χ0) is 54.8. The number of rotatable bonds is 29. The molecule has 1 aromatic carbocycles. The molecule has 0 aliphatic carbocycles. The fourth-order valence-corrected chi connectivity index (χ4v) is 10.1. The fourth-order valence-electron chi connectivity index (χ4n) is 9.26. The Morgan fingerprint density at radius 2 is 1.64 bits per heavy atom. The van der Waals surface area contributed by atoms with Crippen molar-refractivity contribution in [3.63, 3.8) is 0 Å². The number of nitrogens with zero attached hydrogens (tertiary/aromatic N) is 4. The maximum atomic E-state index is 14.6. The Hall–Kier alpha value is -6.06. The smallest absolute Gasteiger partial charge is 0.306 e. The van der Waals surface area contributed by atoms with Crippen LogP contribution < -0.4 is 27.0 Å². The molecule has 20 nitrogen and oxygen atoms in total. The van der Waals surface area contributed by atoms with Crippen LogP contribution in [0.15, 0.2) is 41.8 Å². The number of hydrogen-bond acceptors (Lipinski definition) is 14. The molecule has 0 unspecified atom stereocenters. The first kappa shape index (κ1) is 60.5. The molecule has 21 heteroatoms. The van der Waals surface area contributed by atoms with E-state index in [0.717, 1.165) is 41.4 Å². The van der Waals surface area contributed by atoms with Crippen LogP contribution >= 0.6 is 11.3 Å². The molecule has 4 rings (SSSR count). The van der Waals surface area contributed by atoms with Gasteiger partial charge in [0, 0.05) is 68.2 Å². The van der Waals surface area contributed by atoms with Crippen LogP contribution in [0.1, 0.15) is 140 Å². The van der Waals surface area contributed by atoms with Gasteiger partial charge in [-0.2, -0.15) is 0 Å². The number of likely N-dealkylation sites (tertiary alicyclic amines) is 1. The minimum Gasteiger partial charge on any atom is -0.481 e. The number of nitrogens with two attached hydrogens (primary N) is 1. The van der Waals surface area contributed by atoms with Crippen LogP contribution in [0, 0.1) is 23.7 Å². The van der Waals surface area contributed by atoms with E-state index in [0.29, 0.717) is 67.4 Å². The SMILES string of the molecule is CC[C@H](C)[C@H](NC(=O)[C@H]1C[C@H](C)CCN1C)C(=O)N(CC)[C@H](C[C@@H](OC(C)=O)c1nc(C(=O)N[C@@H](Cc2ccc(NC(=O)[C@H](CCCCN)NC(=O)CCN3C(=O)C=CC3=O)cc2)C[C@H](C)C(=O)O)cs1)C(C)C. The molecule has 0 radical (unpaired) electrons. The molecule has 0 saturated carbocycles. The number of hydrogen-bond donors (Lipinski definition) is 6. The summed E-state index contributed by atoms with van der Waals surface area (Å²) >= 11 is 1.12. The van der Waals surface area contributed by atoms with Crippen LogP contribution in [0.2, 0.25) is 0 Å². The predicted molar refractivity (Wildman–Crippen MR) is 280 cm³/mol. The Labute approximate surface area is 439 Å². The third-order valence-corrected chi connectivity index (χ3v) is 14.9. The zero-order valence-electron chi connectivity index (χ0n) is 44.5. The zero-order valence-corrected chi connectivity index (χ0v) is 45.3. The van der Waals surface area contributed by atoms with E-state index in [4.69, 9.17) is 10.5 Å². The number of thiazole rings is 1. The maximum absolute atomic E-state index is 14.6. The van der Waals surface area contributed by atoms with Gasteiger partial charge in [0.2, 0.25) is 23.6 Å². The number of unbranched alkanes of at least 4 members (excludes halogenated alkanes) is 1. The lowest BCUT2D eigenvalue weighted by atomic mass is 9.90. The molecule has 2 aliphatic heterocycles. The number of anilines is 1. The Balaban J connectivity index is 1.48. The van der Waals surface area contributed by atoms with E-state index in [1.54, 1.807) is 41.5 Å². The largest absolute Gasteiger partial charge is 0.481 e. The summed E-state index contributed by atoms with van der Waals surface area (Å²) < 4.78 is 5.86.